The second-order valence-corrected chi connectivity index (χ2v) is 8.94. The standard InChI is InChI=1S/C19H19ClN4O2S2/c1-11-7-8-13(20)9-16(11)22-17(25)12(2)27-19-24-23-18(28-19)21-14-5-4-6-15(10-14)26-3/h4-10,12H,1-3H3,(H,21,23)(H,22,25). The number of halogens is 1. The van der Waals surface area contributed by atoms with E-state index in [1.165, 1.54) is 23.1 Å². The second-order valence-electron chi connectivity index (χ2n) is 5.94. The summed E-state index contributed by atoms with van der Waals surface area (Å²) in [5.74, 6) is 0.638. The first kappa shape index (κ1) is 20.4. The molecule has 1 heterocycles. The van der Waals surface area contributed by atoms with Crippen molar-refractivity contribution < 1.29 is 9.53 Å². The molecular formula is C19H19ClN4O2S2. The summed E-state index contributed by atoms with van der Waals surface area (Å²) in [4.78, 5) is 12.5. The van der Waals surface area contributed by atoms with Crippen molar-refractivity contribution in [2.75, 3.05) is 17.7 Å². The highest BCUT2D eigenvalue weighted by Gasteiger charge is 2.18. The Morgan fingerprint density at radius 3 is 2.86 bits per heavy atom. The Morgan fingerprint density at radius 2 is 2.07 bits per heavy atom. The van der Waals surface area contributed by atoms with Crippen LogP contribution in [0.2, 0.25) is 5.02 Å². The van der Waals surface area contributed by atoms with Crippen LogP contribution < -0.4 is 15.4 Å². The van der Waals surface area contributed by atoms with Crippen LogP contribution in [-0.2, 0) is 4.79 Å². The van der Waals surface area contributed by atoms with Crippen LogP contribution in [0.4, 0.5) is 16.5 Å². The Kier molecular flexibility index (Phi) is 6.77. The molecule has 0 aliphatic heterocycles. The normalized spacial score (nSPS) is 11.7. The number of nitrogens with one attached hydrogen (secondary N) is 2. The van der Waals surface area contributed by atoms with Gasteiger partial charge in [-0.2, -0.15) is 0 Å². The molecule has 0 aliphatic rings. The fourth-order valence-corrected chi connectivity index (χ4v) is 4.39. The SMILES string of the molecule is COc1cccc(Nc2nnc(SC(C)C(=O)Nc3cc(Cl)ccc3C)s2)c1. The fraction of sp³-hybridized carbons (Fsp3) is 0.211. The van der Waals surface area contributed by atoms with Gasteiger partial charge in [-0.1, -0.05) is 46.8 Å². The van der Waals surface area contributed by atoms with E-state index in [0.29, 0.717) is 20.2 Å². The molecule has 0 saturated carbocycles. The van der Waals surface area contributed by atoms with Crippen LogP contribution in [0.5, 0.6) is 5.75 Å². The number of aryl methyl sites for hydroxylation is 1. The number of ether oxygens (including phenoxy) is 1. The monoisotopic (exact) mass is 434 g/mol. The van der Waals surface area contributed by atoms with E-state index in [1.54, 1.807) is 19.2 Å². The van der Waals surface area contributed by atoms with Crippen molar-refractivity contribution in [1.82, 2.24) is 10.2 Å². The summed E-state index contributed by atoms with van der Waals surface area (Å²) in [6, 6.07) is 13.0. The van der Waals surface area contributed by atoms with E-state index in [2.05, 4.69) is 20.8 Å². The third-order valence-corrected chi connectivity index (χ3v) is 6.09. The first-order valence-corrected chi connectivity index (χ1v) is 10.5. The summed E-state index contributed by atoms with van der Waals surface area (Å²) in [6.45, 7) is 3.75. The molecule has 0 spiro atoms. The van der Waals surface area contributed by atoms with Gasteiger partial charge in [-0.25, -0.2) is 0 Å². The number of hydrogen-bond donors (Lipinski definition) is 2. The third kappa shape index (κ3) is 5.37. The number of anilines is 3. The minimum Gasteiger partial charge on any atom is -0.497 e. The van der Waals surface area contributed by atoms with Gasteiger partial charge < -0.3 is 15.4 Å². The summed E-state index contributed by atoms with van der Waals surface area (Å²) >= 11 is 8.75. The molecule has 0 saturated heterocycles. The van der Waals surface area contributed by atoms with Gasteiger partial charge in [0, 0.05) is 22.5 Å². The maximum Gasteiger partial charge on any atom is 0.237 e. The van der Waals surface area contributed by atoms with E-state index >= 15 is 0 Å². The highest BCUT2D eigenvalue weighted by atomic mass is 35.5. The Labute approximate surface area is 176 Å². The number of hydrogen-bond acceptors (Lipinski definition) is 7. The lowest BCUT2D eigenvalue weighted by atomic mass is 10.2. The van der Waals surface area contributed by atoms with Crippen molar-refractivity contribution in [2.24, 2.45) is 0 Å². The number of carbonyl (C=O) groups is 1. The molecule has 1 atom stereocenters. The Morgan fingerprint density at radius 1 is 1.25 bits per heavy atom. The molecule has 146 valence electrons. The smallest absolute Gasteiger partial charge is 0.237 e. The van der Waals surface area contributed by atoms with Gasteiger partial charge in [-0.3, -0.25) is 4.79 Å². The van der Waals surface area contributed by atoms with E-state index in [1.807, 2.05) is 44.2 Å². The number of carbonyl (C=O) groups excluding carboxylic acids is 1. The lowest BCUT2D eigenvalue weighted by Gasteiger charge is -2.12. The molecule has 3 rings (SSSR count). The number of thioether (sulfide) groups is 1. The summed E-state index contributed by atoms with van der Waals surface area (Å²) in [6.07, 6.45) is 0. The van der Waals surface area contributed by atoms with Crippen molar-refractivity contribution in [3.63, 3.8) is 0 Å². The van der Waals surface area contributed by atoms with Gasteiger partial charge in [0.1, 0.15) is 5.75 Å². The van der Waals surface area contributed by atoms with E-state index in [4.69, 9.17) is 16.3 Å². The van der Waals surface area contributed by atoms with E-state index in [-0.39, 0.29) is 11.2 Å². The average Bonchev–Trinajstić information content (AvgIpc) is 3.11. The molecule has 0 radical (unpaired) electrons. The minimum atomic E-state index is -0.337. The number of aromatic nitrogens is 2. The molecule has 1 unspecified atom stereocenters. The van der Waals surface area contributed by atoms with Crippen molar-refractivity contribution >= 4 is 57.1 Å². The summed E-state index contributed by atoms with van der Waals surface area (Å²) in [7, 11) is 1.62. The first-order valence-electron chi connectivity index (χ1n) is 8.43. The van der Waals surface area contributed by atoms with E-state index in [9.17, 15) is 4.79 Å². The van der Waals surface area contributed by atoms with Gasteiger partial charge in [0.25, 0.3) is 0 Å². The molecule has 1 aromatic heterocycles. The van der Waals surface area contributed by atoms with Crippen molar-refractivity contribution in [2.45, 2.75) is 23.4 Å². The van der Waals surface area contributed by atoms with E-state index in [0.717, 1.165) is 17.0 Å². The molecule has 2 N–H and O–H groups in total. The minimum absolute atomic E-state index is 0.118. The van der Waals surface area contributed by atoms with Crippen molar-refractivity contribution in [3.05, 3.63) is 53.1 Å². The van der Waals surface area contributed by atoms with Gasteiger partial charge >= 0.3 is 0 Å². The van der Waals surface area contributed by atoms with Gasteiger partial charge in [0.05, 0.1) is 12.4 Å². The highest BCUT2D eigenvalue weighted by molar-refractivity contribution is 8.02. The zero-order chi connectivity index (χ0) is 20.1. The van der Waals surface area contributed by atoms with Gasteiger partial charge in [-0.15, -0.1) is 10.2 Å². The summed E-state index contributed by atoms with van der Waals surface area (Å²) < 4.78 is 5.92. The molecule has 6 nitrogen and oxygen atoms in total. The third-order valence-electron chi connectivity index (χ3n) is 3.83. The fourth-order valence-electron chi connectivity index (χ4n) is 2.30. The van der Waals surface area contributed by atoms with Gasteiger partial charge in [-0.05, 0) is 43.7 Å². The van der Waals surface area contributed by atoms with Gasteiger partial charge in [0.15, 0.2) is 4.34 Å². The largest absolute Gasteiger partial charge is 0.497 e. The van der Waals surface area contributed by atoms with Gasteiger partial charge in [0.2, 0.25) is 11.0 Å². The second kappa shape index (κ2) is 9.27. The Balaban J connectivity index is 1.60. The maximum absolute atomic E-state index is 12.5. The van der Waals surface area contributed by atoms with Crippen LogP contribution >= 0.6 is 34.7 Å². The van der Waals surface area contributed by atoms with Crippen LogP contribution in [-0.4, -0.2) is 28.5 Å². The molecule has 1 amide bonds. The molecule has 0 fully saturated rings. The summed E-state index contributed by atoms with van der Waals surface area (Å²) in [5, 5.41) is 15.3. The molecule has 28 heavy (non-hydrogen) atoms. The Bertz CT molecular complexity index is 980. The average molecular weight is 435 g/mol. The first-order chi connectivity index (χ1) is 13.4. The lowest BCUT2D eigenvalue weighted by Crippen LogP contribution is -2.22. The molecule has 0 bridgehead atoms. The van der Waals surface area contributed by atoms with Crippen LogP contribution in [0.25, 0.3) is 0 Å². The zero-order valence-electron chi connectivity index (χ0n) is 15.5. The molecule has 3 aromatic rings. The van der Waals surface area contributed by atoms with Crippen molar-refractivity contribution in [3.8, 4) is 5.75 Å². The highest BCUT2D eigenvalue weighted by Crippen LogP contribution is 2.31. The molecule has 9 heteroatoms. The molecule has 2 aromatic carbocycles. The number of methoxy groups -OCH3 is 1. The van der Waals surface area contributed by atoms with Crippen LogP contribution in [0.1, 0.15) is 12.5 Å². The number of benzene rings is 2. The predicted octanol–water partition coefficient (Wildman–Crippen LogP) is 5.37. The van der Waals surface area contributed by atoms with Crippen LogP contribution in [0, 0.1) is 6.92 Å². The Hall–Kier alpha value is -2.29. The molecular weight excluding hydrogens is 416 g/mol. The quantitative estimate of drug-likeness (QED) is 0.487. The van der Waals surface area contributed by atoms with Crippen molar-refractivity contribution in [1.29, 1.82) is 0 Å². The number of nitrogens with zero attached hydrogens (tertiary/aromatic N) is 2. The topological polar surface area (TPSA) is 76.1 Å². The predicted molar refractivity (Wildman–Crippen MR) is 116 cm³/mol. The summed E-state index contributed by atoms with van der Waals surface area (Å²) in [5.41, 5.74) is 2.52. The number of rotatable bonds is 7. The van der Waals surface area contributed by atoms with Crippen LogP contribution in [0.3, 0.4) is 0 Å². The van der Waals surface area contributed by atoms with E-state index < -0.39 is 0 Å². The number of amides is 1. The maximum atomic E-state index is 12.5. The lowest BCUT2D eigenvalue weighted by molar-refractivity contribution is -0.115. The zero-order valence-corrected chi connectivity index (χ0v) is 17.9. The van der Waals surface area contributed by atoms with Crippen LogP contribution in [0.15, 0.2) is 46.8 Å². The molecule has 0 aliphatic carbocycles.